The van der Waals surface area contributed by atoms with Crippen LogP contribution in [-0.4, -0.2) is 15.8 Å². The molecule has 0 bridgehead atoms. The highest BCUT2D eigenvalue weighted by molar-refractivity contribution is 14.1. The molecule has 0 saturated carbocycles. The number of rotatable bonds is 3. The second-order valence-corrected chi connectivity index (χ2v) is 3.81. The average Bonchev–Trinajstić information content (AvgIpc) is 2.15. The summed E-state index contributed by atoms with van der Waals surface area (Å²) < 4.78 is 24.9. The van der Waals surface area contributed by atoms with Crippen molar-refractivity contribution in [3.8, 4) is 0 Å². The fourth-order valence-electron chi connectivity index (χ4n) is 0.978. The van der Waals surface area contributed by atoms with Crippen molar-refractivity contribution in [1.82, 2.24) is 4.98 Å². The number of hydrogen-bond donors (Lipinski definition) is 1. The number of primary amides is 1. The Balaban J connectivity index is 3.52. The summed E-state index contributed by atoms with van der Waals surface area (Å²) in [6.07, 6.45) is -3.04. The number of halogens is 3. The Morgan fingerprint density at radius 2 is 2.19 bits per heavy atom. The van der Waals surface area contributed by atoms with Gasteiger partial charge in [-0.15, -0.1) is 0 Å². The first kappa shape index (κ1) is 12.7. The first-order chi connectivity index (χ1) is 7.34. The number of pyridine rings is 1. The molecule has 1 aromatic rings. The van der Waals surface area contributed by atoms with E-state index in [1.165, 1.54) is 22.6 Å². The van der Waals surface area contributed by atoms with Crippen LogP contribution in [0, 0.1) is 13.7 Å². The molecule has 0 aromatic carbocycles. The van der Waals surface area contributed by atoms with Crippen LogP contribution in [0.4, 0.5) is 14.6 Å². The van der Waals surface area contributed by atoms with Crippen molar-refractivity contribution in [3.63, 3.8) is 0 Å². The molecule has 6 nitrogen and oxygen atoms in total. The monoisotopic (exact) mass is 343 g/mol. The molecule has 0 atom stereocenters. The minimum atomic E-state index is -3.04. The van der Waals surface area contributed by atoms with Gasteiger partial charge in [0.25, 0.3) is 12.3 Å². The van der Waals surface area contributed by atoms with E-state index in [2.05, 4.69) is 4.98 Å². The van der Waals surface area contributed by atoms with Crippen LogP contribution in [0.2, 0.25) is 0 Å². The van der Waals surface area contributed by atoms with Gasteiger partial charge >= 0.3 is 5.82 Å². The van der Waals surface area contributed by atoms with Crippen LogP contribution in [-0.2, 0) is 0 Å². The molecule has 0 unspecified atom stereocenters. The summed E-state index contributed by atoms with van der Waals surface area (Å²) in [4.78, 5) is 23.4. The van der Waals surface area contributed by atoms with Crippen molar-refractivity contribution in [2.24, 2.45) is 5.73 Å². The Hall–Kier alpha value is -1.39. The molecule has 0 fully saturated rings. The van der Waals surface area contributed by atoms with Gasteiger partial charge in [-0.25, -0.2) is 8.78 Å². The zero-order chi connectivity index (χ0) is 12.5. The summed E-state index contributed by atoms with van der Waals surface area (Å²) in [6.45, 7) is 0. The maximum absolute atomic E-state index is 12.5. The molecule has 1 amide bonds. The van der Waals surface area contributed by atoms with Crippen LogP contribution >= 0.6 is 22.6 Å². The van der Waals surface area contributed by atoms with Gasteiger partial charge in [-0.05, 0) is 32.5 Å². The summed E-state index contributed by atoms with van der Waals surface area (Å²) in [7, 11) is 0. The molecule has 86 valence electrons. The second-order valence-electron chi connectivity index (χ2n) is 2.65. The van der Waals surface area contributed by atoms with E-state index in [1.54, 1.807) is 0 Å². The predicted octanol–water partition coefficient (Wildman–Crippen LogP) is 1.63. The molecular formula is C7H4F2IN3O3. The van der Waals surface area contributed by atoms with Gasteiger partial charge in [0.2, 0.25) is 5.69 Å². The quantitative estimate of drug-likeness (QED) is 0.512. The normalized spacial score (nSPS) is 10.5. The molecule has 2 N–H and O–H groups in total. The van der Waals surface area contributed by atoms with Gasteiger partial charge in [-0.1, -0.05) is 0 Å². The van der Waals surface area contributed by atoms with E-state index in [0.717, 1.165) is 6.07 Å². The Bertz CT molecular complexity index is 466. The first-order valence-corrected chi connectivity index (χ1v) is 4.85. The van der Waals surface area contributed by atoms with Gasteiger partial charge in [-0.3, -0.25) is 4.79 Å². The van der Waals surface area contributed by atoms with Crippen molar-refractivity contribution in [2.45, 2.75) is 6.43 Å². The minimum absolute atomic E-state index is 0.122. The number of alkyl halides is 2. The zero-order valence-corrected chi connectivity index (χ0v) is 9.64. The third-order valence-electron chi connectivity index (χ3n) is 1.63. The molecule has 0 radical (unpaired) electrons. The lowest BCUT2D eigenvalue weighted by Gasteiger charge is -2.04. The molecular weight excluding hydrogens is 339 g/mol. The van der Waals surface area contributed by atoms with Crippen molar-refractivity contribution in [1.29, 1.82) is 0 Å². The lowest BCUT2D eigenvalue weighted by atomic mass is 10.2. The third kappa shape index (κ3) is 2.40. The van der Waals surface area contributed by atoms with E-state index >= 15 is 0 Å². The molecule has 0 saturated heterocycles. The molecule has 0 aliphatic carbocycles. The number of nitro groups is 1. The highest BCUT2D eigenvalue weighted by Gasteiger charge is 2.29. The molecule has 16 heavy (non-hydrogen) atoms. The molecule has 0 spiro atoms. The van der Waals surface area contributed by atoms with E-state index in [4.69, 9.17) is 5.73 Å². The Labute approximate surface area is 101 Å². The summed E-state index contributed by atoms with van der Waals surface area (Å²) >= 11 is 1.46. The van der Waals surface area contributed by atoms with Gasteiger partial charge in [0.1, 0.15) is 5.56 Å². The van der Waals surface area contributed by atoms with Crippen molar-refractivity contribution < 1.29 is 18.5 Å². The van der Waals surface area contributed by atoms with Crippen LogP contribution < -0.4 is 5.73 Å². The van der Waals surface area contributed by atoms with Crippen molar-refractivity contribution in [2.75, 3.05) is 0 Å². The van der Waals surface area contributed by atoms with Crippen molar-refractivity contribution in [3.05, 3.63) is 31.0 Å². The highest BCUT2D eigenvalue weighted by Crippen LogP contribution is 2.31. The molecule has 1 aromatic heterocycles. The predicted molar refractivity (Wildman–Crippen MR) is 57.1 cm³/mol. The summed E-state index contributed by atoms with van der Waals surface area (Å²) in [5.74, 6) is -2.06. The fourth-order valence-corrected chi connectivity index (χ4v) is 1.75. The van der Waals surface area contributed by atoms with Gasteiger partial charge in [-0.2, -0.15) is 0 Å². The van der Waals surface area contributed by atoms with Crippen LogP contribution in [0.15, 0.2) is 6.07 Å². The average molecular weight is 343 g/mol. The summed E-state index contributed by atoms with van der Waals surface area (Å²) in [6, 6.07) is 0.984. The number of nitrogens with zero attached hydrogens (tertiary/aromatic N) is 2. The Morgan fingerprint density at radius 3 is 2.56 bits per heavy atom. The number of aromatic nitrogens is 1. The van der Waals surface area contributed by atoms with Gasteiger partial charge in [0, 0.05) is 9.64 Å². The van der Waals surface area contributed by atoms with E-state index < -0.39 is 34.3 Å². The number of nitrogens with two attached hydrogens (primary N) is 1. The number of carbonyl (C=O) groups excluding carboxylic acids is 1. The van der Waals surface area contributed by atoms with Crippen LogP contribution in [0.25, 0.3) is 0 Å². The number of amides is 1. The number of carbonyl (C=O) groups is 1. The summed E-state index contributed by atoms with van der Waals surface area (Å²) in [5, 5.41) is 10.5. The minimum Gasteiger partial charge on any atom is -0.362 e. The van der Waals surface area contributed by atoms with E-state index in [9.17, 15) is 23.7 Å². The second kappa shape index (κ2) is 4.63. The largest absolute Gasteiger partial charge is 0.374 e. The first-order valence-electron chi connectivity index (χ1n) is 3.77. The highest BCUT2D eigenvalue weighted by atomic mass is 127. The van der Waals surface area contributed by atoms with E-state index in [0.29, 0.717) is 0 Å². The molecule has 0 aliphatic rings. The molecule has 1 rings (SSSR count). The fraction of sp³-hybridized carbons (Fsp3) is 0.143. The molecule has 9 heteroatoms. The topological polar surface area (TPSA) is 99.1 Å². The summed E-state index contributed by atoms with van der Waals surface area (Å²) in [5.41, 5.74) is 3.64. The molecule has 0 aliphatic heterocycles. The van der Waals surface area contributed by atoms with Crippen LogP contribution in [0.5, 0.6) is 0 Å². The van der Waals surface area contributed by atoms with Gasteiger partial charge in [0.05, 0.1) is 0 Å². The smallest absolute Gasteiger partial charge is 0.362 e. The van der Waals surface area contributed by atoms with Crippen molar-refractivity contribution >= 4 is 34.3 Å². The maximum Gasteiger partial charge on any atom is 0.374 e. The maximum atomic E-state index is 12.5. The Kier molecular flexibility index (Phi) is 3.67. The number of hydrogen-bond acceptors (Lipinski definition) is 4. The lowest BCUT2D eigenvalue weighted by Crippen LogP contribution is -2.15. The lowest BCUT2D eigenvalue weighted by molar-refractivity contribution is -0.391. The molecule has 1 heterocycles. The standard InChI is InChI=1S/C7H4F2IN3O3/c8-5(9)4-2(10)1-3(6(11)14)12-7(4)13(15)16/h1,5H,(H2,11,14). The van der Waals surface area contributed by atoms with E-state index in [1.807, 2.05) is 0 Å². The van der Waals surface area contributed by atoms with Gasteiger partial charge < -0.3 is 15.8 Å². The van der Waals surface area contributed by atoms with Crippen LogP contribution in [0.3, 0.4) is 0 Å². The SMILES string of the molecule is NC(=O)c1cc(I)c(C(F)F)c([N+](=O)[O-])n1. The Morgan fingerprint density at radius 1 is 1.62 bits per heavy atom. The van der Waals surface area contributed by atoms with Gasteiger partial charge in [0.15, 0.2) is 0 Å². The van der Waals surface area contributed by atoms with Crippen LogP contribution in [0.1, 0.15) is 22.5 Å². The van der Waals surface area contributed by atoms with E-state index in [-0.39, 0.29) is 3.57 Å². The third-order valence-corrected chi connectivity index (χ3v) is 2.52. The zero-order valence-electron chi connectivity index (χ0n) is 7.49.